The van der Waals surface area contributed by atoms with Gasteiger partial charge in [0, 0.05) is 37.0 Å². The van der Waals surface area contributed by atoms with Gasteiger partial charge in [-0.3, -0.25) is 9.36 Å². The summed E-state index contributed by atoms with van der Waals surface area (Å²) in [6.45, 7) is 0. The number of hydrogen-bond donors (Lipinski definition) is 1. The summed E-state index contributed by atoms with van der Waals surface area (Å²) in [4.78, 5) is 12.5. The van der Waals surface area contributed by atoms with Gasteiger partial charge >= 0.3 is 0 Å². The monoisotopic (exact) mass is 522 g/mol. The van der Waals surface area contributed by atoms with Crippen LogP contribution in [0.2, 0.25) is 20.1 Å². The van der Waals surface area contributed by atoms with Gasteiger partial charge in [-0.25, -0.2) is 0 Å². The molecule has 10 heteroatoms. The number of benzene rings is 3. The van der Waals surface area contributed by atoms with Gasteiger partial charge in [-0.15, -0.1) is 10.2 Å². The van der Waals surface area contributed by atoms with Crippen molar-refractivity contribution >= 4 is 69.8 Å². The maximum absolute atomic E-state index is 12.5. The Morgan fingerprint density at radius 1 is 0.844 bits per heavy atom. The molecule has 1 amide bonds. The minimum absolute atomic E-state index is 0.103. The summed E-state index contributed by atoms with van der Waals surface area (Å²) in [6.07, 6.45) is 0. The number of thioether (sulfide) groups is 1. The largest absolute Gasteiger partial charge is 0.325 e. The van der Waals surface area contributed by atoms with Crippen molar-refractivity contribution in [2.24, 2.45) is 0 Å². The van der Waals surface area contributed by atoms with Crippen molar-refractivity contribution in [1.29, 1.82) is 0 Å². The van der Waals surface area contributed by atoms with Crippen molar-refractivity contribution < 1.29 is 4.79 Å². The van der Waals surface area contributed by atoms with E-state index in [-0.39, 0.29) is 11.7 Å². The number of carbonyl (C=O) groups excluding carboxylic acids is 1. The third kappa shape index (κ3) is 5.57. The van der Waals surface area contributed by atoms with E-state index in [1.54, 1.807) is 36.4 Å². The van der Waals surface area contributed by atoms with Crippen LogP contribution in [-0.2, 0) is 4.79 Å². The Hall–Kier alpha value is -2.22. The van der Waals surface area contributed by atoms with E-state index in [4.69, 9.17) is 46.4 Å². The normalized spacial score (nSPS) is 10.9. The fourth-order valence-corrected chi connectivity index (χ4v) is 4.55. The molecular formula is C22H14Cl4N4OS. The highest BCUT2D eigenvalue weighted by Gasteiger charge is 2.18. The standard InChI is InChI=1S/C22H14Cl4N4OS/c23-14-4-6-19(7-5-14)30-21(13-2-1-3-15(24)8-13)28-29-22(30)32-12-20(31)27-18-10-16(25)9-17(26)11-18/h1-11H,12H2,(H,27,31). The Morgan fingerprint density at radius 2 is 1.56 bits per heavy atom. The van der Waals surface area contributed by atoms with E-state index in [9.17, 15) is 4.79 Å². The number of rotatable bonds is 6. The van der Waals surface area contributed by atoms with E-state index in [0.29, 0.717) is 36.8 Å². The van der Waals surface area contributed by atoms with Gasteiger partial charge in [0.05, 0.1) is 5.75 Å². The molecule has 0 aliphatic carbocycles. The van der Waals surface area contributed by atoms with Gasteiger partial charge in [-0.05, 0) is 54.6 Å². The molecule has 0 spiro atoms. The van der Waals surface area contributed by atoms with E-state index in [1.807, 2.05) is 34.9 Å². The zero-order valence-corrected chi connectivity index (χ0v) is 20.1. The summed E-state index contributed by atoms with van der Waals surface area (Å²) in [5.41, 5.74) is 2.12. The average molecular weight is 524 g/mol. The molecule has 0 aliphatic rings. The number of hydrogen-bond acceptors (Lipinski definition) is 4. The Kier molecular flexibility index (Phi) is 7.28. The number of aromatic nitrogens is 3. The molecule has 32 heavy (non-hydrogen) atoms. The second-order valence-electron chi connectivity index (χ2n) is 6.62. The van der Waals surface area contributed by atoms with E-state index in [1.165, 1.54) is 11.8 Å². The third-order valence-electron chi connectivity index (χ3n) is 4.28. The molecule has 162 valence electrons. The third-order valence-corrected chi connectivity index (χ3v) is 6.13. The van der Waals surface area contributed by atoms with Crippen LogP contribution in [0.4, 0.5) is 5.69 Å². The maximum Gasteiger partial charge on any atom is 0.234 e. The predicted octanol–water partition coefficient (Wildman–Crippen LogP) is 7.28. The smallest absolute Gasteiger partial charge is 0.234 e. The Morgan fingerprint density at radius 3 is 2.25 bits per heavy atom. The van der Waals surface area contributed by atoms with Gasteiger partial charge < -0.3 is 5.32 Å². The summed E-state index contributed by atoms with van der Waals surface area (Å²) in [5, 5.41) is 14.1. The van der Waals surface area contributed by atoms with Crippen LogP contribution in [0.5, 0.6) is 0 Å². The summed E-state index contributed by atoms with van der Waals surface area (Å²) in [5.74, 6) is 0.466. The summed E-state index contributed by atoms with van der Waals surface area (Å²) in [7, 11) is 0. The highest BCUT2D eigenvalue weighted by molar-refractivity contribution is 7.99. The lowest BCUT2D eigenvalue weighted by atomic mass is 10.2. The van der Waals surface area contributed by atoms with Crippen molar-refractivity contribution in [2.45, 2.75) is 5.16 Å². The van der Waals surface area contributed by atoms with Gasteiger partial charge in [-0.1, -0.05) is 70.3 Å². The molecule has 0 unspecified atom stereocenters. The van der Waals surface area contributed by atoms with E-state index >= 15 is 0 Å². The molecule has 0 saturated heterocycles. The second kappa shape index (κ2) is 10.1. The summed E-state index contributed by atoms with van der Waals surface area (Å²) in [6, 6.07) is 19.5. The van der Waals surface area contributed by atoms with Gasteiger partial charge in [0.25, 0.3) is 0 Å². The molecule has 0 atom stereocenters. The first kappa shape index (κ1) is 23.0. The first-order valence-corrected chi connectivity index (χ1v) is 11.7. The highest BCUT2D eigenvalue weighted by atomic mass is 35.5. The van der Waals surface area contributed by atoms with Crippen LogP contribution in [0.25, 0.3) is 17.1 Å². The van der Waals surface area contributed by atoms with Crippen LogP contribution in [0.1, 0.15) is 0 Å². The molecule has 4 rings (SSSR count). The fourth-order valence-electron chi connectivity index (χ4n) is 2.95. The lowest BCUT2D eigenvalue weighted by Gasteiger charge is -2.11. The van der Waals surface area contributed by atoms with Crippen molar-refractivity contribution in [2.75, 3.05) is 11.1 Å². The molecule has 0 fully saturated rings. The lowest BCUT2D eigenvalue weighted by Crippen LogP contribution is -2.14. The lowest BCUT2D eigenvalue weighted by molar-refractivity contribution is -0.113. The SMILES string of the molecule is O=C(CSc1nnc(-c2cccc(Cl)c2)n1-c1ccc(Cl)cc1)Nc1cc(Cl)cc(Cl)c1. The molecular weight excluding hydrogens is 510 g/mol. The van der Waals surface area contributed by atoms with E-state index in [0.717, 1.165) is 11.3 Å². The molecule has 0 bridgehead atoms. The van der Waals surface area contributed by atoms with Gasteiger partial charge in [-0.2, -0.15) is 0 Å². The fraction of sp³-hybridized carbons (Fsp3) is 0.0455. The van der Waals surface area contributed by atoms with Gasteiger partial charge in [0.15, 0.2) is 11.0 Å². The van der Waals surface area contributed by atoms with Crippen LogP contribution in [0.15, 0.2) is 71.9 Å². The molecule has 1 N–H and O–H groups in total. The quantitative estimate of drug-likeness (QED) is 0.270. The Bertz CT molecular complexity index is 1260. The number of nitrogens with zero attached hydrogens (tertiary/aromatic N) is 3. The predicted molar refractivity (Wildman–Crippen MR) is 133 cm³/mol. The average Bonchev–Trinajstić information content (AvgIpc) is 3.16. The minimum Gasteiger partial charge on any atom is -0.325 e. The van der Waals surface area contributed by atoms with Gasteiger partial charge in [0.2, 0.25) is 5.91 Å². The molecule has 1 heterocycles. The molecule has 3 aromatic carbocycles. The number of nitrogens with one attached hydrogen (secondary N) is 1. The Labute approximate surface area is 208 Å². The molecule has 4 aromatic rings. The van der Waals surface area contributed by atoms with Crippen molar-refractivity contribution in [3.63, 3.8) is 0 Å². The van der Waals surface area contributed by atoms with Crippen LogP contribution in [0, 0.1) is 0 Å². The topological polar surface area (TPSA) is 59.8 Å². The van der Waals surface area contributed by atoms with E-state index < -0.39 is 0 Å². The molecule has 0 aliphatic heterocycles. The van der Waals surface area contributed by atoms with Crippen LogP contribution in [0.3, 0.4) is 0 Å². The number of amides is 1. The van der Waals surface area contributed by atoms with Crippen molar-refractivity contribution in [3.8, 4) is 17.1 Å². The number of halogens is 4. The van der Waals surface area contributed by atoms with Crippen molar-refractivity contribution in [3.05, 3.63) is 86.8 Å². The molecule has 0 radical (unpaired) electrons. The Balaban J connectivity index is 1.60. The highest BCUT2D eigenvalue weighted by Crippen LogP contribution is 2.30. The minimum atomic E-state index is -0.233. The number of anilines is 1. The van der Waals surface area contributed by atoms with Crippen LogP contribution in [-0.4, -0.2) is 26.4 Å². The molecule has 5 nitrogen and oxygen atoms in total. The van der Waals surface area contributed by atoms with Crippen LogP contribution >= 0.6 is 58.2 Å². The maximum atomic E-state index is 12.5. The first-order valence-electron chi connectivity index (χ1n) is 9.25. The zero-order chi connectivity index (χ0) is 22.7. The van der Waals surface area contributed by atoms with Gasteiger partial charge in [0.1, 0.15) is 0 Å². The zero-order valence-electron chi connectivity index (χ0n) is 16.2. The number of carbonyl (C=O) groups is 1. The van der Waals surface area contributed by atoms with E-state index in [2.05, 4.69) is 15.5 Å². The molecule has 0 saturated carbocycles. The first-order chi connectivity index (χ1) is 15.4. The van der Waals surface area contributed by atoms with Crippen LogP contribution < -0.4 is 5.32 Å². The second-order valence-corrected chi connectivity index (χ2v) is 9.31. The van der Waals surface area contributed by atoms with Crippen molar-refractivity contribution in [1.82, 2.24) is 14.8 Å². The summed E-state index contributed by atoms with van der Waals surface area (Å²) < 4.78 is 1.86. The molecule has 1 aromatic heterocycles. The summed E-state index contributed by atoms with van der Waals surface area (Å²) >= 11 is 25.5.